The summed E-state index contributed by atoms with van der Waals surface area (Å²) < 4.78 is 15.8. The molecular weight excluding hydrogens is 260 g/mol. The number of nitrogens with two attached hydrogens (primary N) is 1. The number of hydrogen-bond donors (Lipinski definition) is 1. The Morgan fingerprint density at radius 1 is 0.889 bits per heavy atom. The number of nitrogens with zero attached hydrogens (tertiary/aromatic N) is 3. The summed E-state index contributed by atoms with van der Waals surface area (Å²) in [6.45, 7) is 4.70. The molecule has 0 amide bonds. The van der Waals surface area contributed by atoms with Crippen LogP contribution in [0.5, 0.6) is 0 Å². The first-order valence-electron chi connectivity index (χ1n) is 5.86. The molecule has 0 atom stereocenters. The monoisotopic (exact) mass is 282 g/mol. The van der Waals surface area contributed by atoms with Crippen LogP contribution in [0.2, 0.25) is 0 Å². The van der Waals surface area contributed by atoms with Crippen molar-refractivity contribution in [3.8, 4) is 0 Å². The second kappa shape index (κ2) is 18.8. The van der Waals surface area contributed by atoms with Gasteiger partial charge in [0.15, 0.2) is 0 Å². The number of hydrogen-bond acceptors (Lipinski definition) is 5. The van der Waals surface area contributed by atoms with Gasteiger partial charge in [-0.25, -0.2) is 0 Å². The van der Waals surface area contributed by atoms with E-state index < -0.39 is 0 Å². The van der Waals surface area contributed by atoms with Crippen LogP contribution >= 0.6 is 12.4 Å². The average molecular weight is 283 g/mol. The maximum atomic E-state index is 8.02. The molecular formula is C10H23ClN4O3. The van der Waals surface area contributed by atoms with E-state index in [4.69, 9.17) is 25.5 Å². The molecule has 0 spiro atoms. The predicted octanol–water partition coefficient (Wildman–Crippen LogP) is 1.51. The first-order chi connectivity index (χ1) is 8.41. The van der Waals surface area contributed by atoms with Crippen molar-refractivity contribution < 1.29 is 14.2 Å². The smallest absolute Gasteiger partial charge is 0.0701 e. The van der Waals surface area contributed by atoms with E-state index in [2.05, 4.69) is 10.0 Å². The highest BCUT2D eigenvalue weighted by Crippen LogP contribution is 1.86. The molecule has 18 heavy (non-hydrogen) atoms. The number of azide groups is 1. The summed E-state index contributed by atoms with van der Waals surface area (Å²) in [5.74, 6) is 0. The van der Waals surface area contributed by atoms with Gasteiger partial charge in [-0.3, -0.25) is 0 Å². The van der Waals surface area contributed by atoms with Crippen LogP contribution in [0.4, 0.5) is 0 Å². The fraction of sp³-hybridized carbons (Fsp3) is 1.00. The Hall–Kier alpha value is -0.560. The van der Waals surface area contributed by atoms with Gasteiger partial charge in [0.25, 0.3) is 0 Å². The molecule has 0 radical (unpaired) electrons. The van der Waals surface area contributed by atoms with Crippen molar-refractivity contribution >= 4 is 12.4 Å². The Kier molecular flexibility index (Phi) is 20.6. The van der Waals surface area contributed by atoms with Crippen molar-refractivity contribution in [3.05, 3.63) is 10.4 Å². The Bertz CT molecular complexity index is 204. The number of halogens is 1. The van der Waals surface area contributed by atoms with E-state index in [0.29, 0.717) is 52.7 Å². The Balaban J connectivity index is 0. The molecule has 0 unspecified atom stereocenters. The first-order valence-corrected chi connectivity index (χ1v) is 5.86. The molecule has 2 N–H and O–H groups in total. The molecule has 8 heteroatoms. The van der Waals surface area contributed by atoms with Gasteiger partial charge in [-0.05, 0) is 24.9 Å². The number of ether oxygens (including phenoxy) is 3. The van der Waals surface area contributed by atoms with Crippen LogP contribution in [-0.4, -0.2) is 52.7 Å². The lowest BCUT2D eigenvalue weighted by Crippen LogP contribution is -2.11. The molecule has 108 valence electrons. The van der Waals surface area contributed by atoms with Crippen molar-refractivity contribution in [2.45, 2.75) is 12.8 Å². The highest BCUT2D eigenvalue weighted by atomic mass is 35.5. The fourth-order valence-corrected chi connectivity index (χ4v) is 1.01. The molecule has 0 aromatic rings. The summed E-state index contributed by atoms with van der Waals surface area (Å²) in [5.41, 5.74) is 13.3. The molecule has 0 heterocycles. The first kappa shape index (κ1) is 19.8. The van der Waals surface area contributed by atoms with Gasteiger partial charge in [0.2, 0.25) is 0 Å². The SMILES string of the molecule is Cl.[N-]=[N+]=NCCCOCCOCCOCCCN. The summed E-state index contributed by atoms with van der Waals surface area (Å²) in [6.07, 6.45) is 1.63. The highest BCUT2D eigenvalue weighted by Gasteiger charge is 1.91. The summed E-state index contributed by atoms with van der Waals surface area (Å²) in [4.78, 5) is 2.65. The molecule has 0 bridgehead atoms. The summed E-state index contributed by atoms with van der Waals surface area (Å²) in [5, 5.41) is 3.40. The maximum Gasteiger partial charge on any atom is 0.0701 e. The van der Waals surface area contributed by atoms with Gasteiger partial charge in [0, 0.05) is 24.7 Å². The topological polar surface area (TPSA) is 102 Å². The van der Waals surface area contributed by atoms with E-state index in [1.54, 1.807) is 0 Å². The van der Waals surface area contributed by atoms with Crippen LogP contribution in [0.25, 0.3) is 10.4 Å². The van der Waals surface area contributed by atoms with Crippen LogP contribution < -0.4 is 5.73 Å². The van der Waals surface area contributed by atoms with E-state index in [9.17, 15) is 0 Å². The highest BCUT2D eigenvalue weighted by molar-refractivity contribution is 5.85. The quantitative estimate of drug-likeness (QED) is 0.239. The van der Waals surface area contributed by atoms with E-state index in [0.717, 1.165) is 12.8 Å². The third-order valence-electron chi connectivity index (χ3n) is 1.85. The van der Waals surface area contributed by atoms with Gasteiger partial charge < -0.3 is 19.9 Å². The zero-order valence-electron chi connectivity index (χ0n) is 10.6. The lowest BCUT2D eigenvalue weighted by atomic mass is 10.5. The molecule has 0 saturated heterocycles. The van der Waals surface area contributed by atoms with Crippen LogP contribution in [0.3, 0.4) is 0 Å². The van der Waals surface area contributed by atoms with Crippen LogP contribution in [0.1, 0.15) is 12.8 Å². The molecule has 0 aliphatic carbocycles. The Morgan fingerprint density at radius 3 is 1.89 bits per heavy atom. The Morgan fingerprint density at radius 2 is 1.39 bits per heavy atom. The van der Waals surface area contributed by atoms with Crippen LogP contribution in [0, 0.1) is 0 Å². The predicted molar refractivity (Wildman–Crippen MR) is 72.0 cm³/mol. The van der Waals surface area contributed by atoms with Crippen molar-refractivity contribution in [2.75, 3.05) is 52.7 Å². The molecule has 0 saturated carbocycles. The standard InChI is InChI=1S/C10H22N4O3.ClH/c11-3-1-5-15-7-9-17-10-8-16-6-2-4-13-14-12;/h1-11H2;1H. The summed E-state index contributed by atoms with van der Waals surface area (Å²) in [7, 11) is 0. The van der Waals surface area contributed by atoms with Crippen molar-refractivity contribution in [1.29, 1.82) is 0 Å². The van der Waals surface area contributed by atoms with Crippen molar-refractivity contribution in [2.24, 2.45) is 10.8 Å². The molecule has 0 aliphatic heterocycles. The molecule has 0 aromatic heterocycles. The fourth-order valence-electron chi connectivity index (χ4n) is 1.01. The van der Waals surface area contributed by atoms with Crippen LogP contribution in [-0.2, 0) is 14.2 Å². The zero-order valence-corrected chi connectivity index (χ0v) is 11.4. The van der Waals surface area contributed by atoms with Gasteiger partial charge in [0.1, 0.15) is 0 Å². The van der Waals surface area contributed by atoms with E-state index in [1.807, 2.05) is 0 Å². The average Bonchev–Trinajstić information content (AvgIpc) is 2.35. The second-order valence-electron chi connectivity index (χ2n) is 3.29. The van der Waals surface area contributed by atoms with Gasteiger partial charge in [0.05, 0.1) is 26.4 Å². The van der Waals surface area contributed by atoms with Crippen molar-refractivity contribution in [1.82, 2.24) is 0 Å². The minimum absolute atomic E-state index is 0. The number of rotatable bonds is 13. The third kappa shape index (κ3) is 17.8. The normalized spacial score (nSPS) is 9.61. The molecule has 0 aliphatic rings. The maximum absolute atomic E-state index is 8.02. The molecule has 0 fully saturated rings. The van der Waals surface area contributed by atoms with E-state index in [-0.39, 0.29) is 12.4 Å². The molecule has 7 nitrogen and oxygen atoms in total. The molecule has 0 rings (SSSR count). The van der Waals surface area contributed by atoms with Crippen molar-refractivity contribution in [3.63, 3.8) is 0 Å². The summed E-state index contributed by atoms with van der Waals surface area (Å²) in [6, 6.07) is 0. The lowest BCUT2D eigenvalue weighted by Gasteiger charge is -2.06. The molecule has 0 aromatic carbocycles. The minimum atomic E-state index is 0. The van der Waals surface area contributed by atoms with Gasteiger partial charge in [-0.1, -0.05) is 5.11 Å². The van der Waals surface area contributed by atoms with E-state index in [1.165, 1.54) is 0 Å². The Labute approximate surface area is 114 Å². The third-order valence-corrected chi connectivity index (χ3v) is 1.85. The zero-order chi connectivity index (χ0) is 12.6. The van der Waals surface area contributed by atoms with Gasteiger partial charge in [-0.15, -0.1) is 12.4 Å². The second-order valence-corrected chi connectivity index (χ2v) is 3.29. The van der Waals surface area contributed by atoms with Crippen LogP contribution in [0.15, 0.2) is 5.11 Å². The van der Waals surface area contributed by atoms with E-state index >= 15 is 0 Å². The summed E-state index contributed by atoms with van der Waals surface area (Å²) >= 11 is 0. The lowest BCUT2D eigenvalue weighted by molar-refractivity contribution is 0.0143. The van der Waals surface area contributed by atoms with Gasteiger partial charge in [-0.2, -0.15) is 0 Å². The largest absolute Gasteiger partial charge is 0.379 e. The van der Waals surface area contributed by atoms with Gasteiger partial charge >= 0.3 is 0 Å². The minimum Gasteiger partial charge on any atom is -0.379 e.